The van der Waals surface area contributed by atoms with Crippen molar-refractivity contribution < 1.29 is 9.59 Å². The molecule has 1 atom stereocenters. The summed E-state index contributed by atoms with van der Waals surface area (Å²) in [5.41, 5.74) is 0. The molecule has 1 aliphatic carbocycles. The predicted molar refractivity (Wildman–Crippen MR) is 92.3 cm³/mol. The fourth-order valence-corrected chi connectivity index (χ4v) is 3.68. The Morgan fingerprint density at radius 2 is 2.00 bits per heavy atom. The molecule has 1 saturated heterocycles. The van der Waals surface area contributed by atoms with Crippen LogP contribution in [0.25, 0.3) is 0 Å². The number of hydrogen-bond acceptors (Lipinski definition) is 6. The van der Waals surface area contributed by atoms with Crippen molar-refractivity contribution in [3.63, 3.8) is 0 Å². The number of nitrogens with one attached hydrogen (secondary N) is 2. The summed E-state index contributed by atoms with van der Waals surface area (Å²) < 4.78 is 2.17. The van der Waals surface area contributed by atoms with E-state index < -0.39 is 11.3 Å². The van der Waals surface area contributed by atoms with Crippen molar-refractivity contribution in [3.05, 3.63) is 0 Å². The zero-order valence-corrected chi connectivity index (χ0v) is 14.9. The van der Waals surface area contributed by atoms with Crippen LogP contribution in [0.15, 0.2) is 5.16 Å². The summed E-state index contributed by atoms with van der Waals surface area (Å²) in [6, 6.07) is -0.0203. The number of urea groups is 1. The third-order valence-electron chi connectivity index (χ3n) is 4.17. The maximum atomic E-state index is 12.1. The van der Waals surface area contributed by atoms with Gasteiger partial charge in [0.2, 0.25) is 11.9 Å². The minimum Gasteiger partial charge on any atom is -0.341 e. The first kappa shape index (κ1) is 17.1. The molecule has 3 rings (SSSR count). The van der Waals surface area contributed by atoms with Crippen molar-refractivity contribution in [2.45, 2.75) is 56.0 Å². The van der Waals surface area contributed by atoms with E-state index in [9.17, 15) is 9.59 Å². The highest BCUT2D eigenvalue weighted by Gasteiger charge is 2.33. The molecule has 24 heavy (non-hydrogen) atoms. The number of rotatable bonds is 6. The molecule has 1 unspecified atom stereocenters. The van der Waals surface area contributed by atoms with Gasteiger partial charge in [0.1, 0.15) is 0 Å². The SMILES string of the molecule is CCNC(=O)NC(=O)C(C)Sc1nnc(N2CCCC2)n1C1CC1. The van der Waals surface area contributed by atoms with Gasteiger partial charge in [0.15, 0.2) is 5.16 Å². The van der Waals surface area contributed by atoms with E-state index in [2.05, 4.69) is 30.3 Å². The summed E-state index contributed by atoms with van der Waals surface area (Å²) in [4.78, 5) is 25.9. The smallest absolute Gasteiger partial charge is 0.321 e. The molecule has 0 bridgehead atoms. The van der Waals surface area contributed by atoms with Crippen molar-refractivity contribution in [1.29, 1.82) is 0 Å². The number of amides is 3. The highest BCUT2D eigenvalue weighted by atomic mass is 32.2. The van der Waals surface area contributed by atoms with E-state index in [-0.39, 0.29) is 5.91 Å². The number of carbonyl (C=O) groups is 2. The lowest BCUT2D eigenvalue weighted by atomic mass is 10.4. The van der Waals surface area contributed by atoms with Crippen LogP contribution in [0.3, 0.4) is 0 Å². The lowest BCUT2D eigenvalue weighted by Crippen LogP contribution is -2.42. The first-order valence-electron chi connectivity index (χ1n) is 8.55. The first-order valence-corrected chi connectivity index (χ1v) is 9.43. The monoisotopic (exact) mass is 352 g/mol. The van der Waals surface area contributed by atoms with Crippen molar-refractivity contribution in [3.8, 4) is 0 Å². The number of thioether (sulfide) groups is 1. The number of imide groups is 1. The summed E-state index contributed by atoms with van der Waals surface area (Å²) in [6.45, 7) is 6.10. The van der Waals surface area contributed by atoms with Crippen LogP contribution >= 0.6 is 11.8 Å². The van der Waals surface area contributed by atoms with Crippen LogP contribution < -0.4 is 15.5 Å². The largest absolute Gasteiger partial charge is 0.341 e. The number of anilines is 1. The van der Waals surface area contributed by atoms with Crippen molar-refractivity contribution in [2.24, 2.45) is 0 Å². The van der Waals surface area contributed by atoms with Crippen molar-refractivity contribution >= 4 is 29.6 Å². The second-order valence-electron chi connectivity index (χ2n) is 6.19. The van der Waals surface area contributed by atoms with Gasteiger partial charge >= 0.3 is 6.03 Å². The van der Waals surface area contributed by atoms with E-state index in [0.717, 1.165) is 37.0 Å². The molecule has 1 aromatic heterocycles. The molecule has 2 aliphatic rings. The average Bonchev–Trinajstić information content (AvgIpc) is 3.08. The predicted octanol–water partition coefficient (Wildman–Crippen LogP) is 1.54. The van der Waals surface area contributed by atoms with Gasteiger partial charge in [-0.1, -0.05) is 11.8 Å². The molecule has 0 spiro atoms. The van der Waals surface area contributed by atoms with Crippen LogP contribution in [-0.4, -0.2) is 51.6 Å². The molecule has 3 amide bonds. The summed E-state index contributed by atoms with van der Waals surface area (Å²) in [7, 11) is 0. The van der Waals surface area contributed by atoms with Gasteiger partial charge in [-0.05, 0) is 39.5 Å². The Labute approximate surface area is 145 Å². The standard InChI is InChI=1S/C15H24N6O2S/c1-3-16-13(23)17-12(22)10(2)24-15-19-18-14(20-8-4-5-9-20)21(15)11-6-7-11/h10-11H,3-9H2,1-2H3,(H2,16,17,22,23). The Bertz CT molecular complexity index is 609. The van der Waals surface area contributed by atoms with Gasteiger partial charge in [-0.25, -0.2) is 4.79 Å². The van der Waals surface area contributed by atoms with E-state index in [1.165, 1.54) is 24.6 Å². The zero-order valence-electron chi connectivity index (χ0n) is 14.1. The second-order valence-corrected chi connectivity index (χ2v) is 7.49. The molecule has 1 aliphatic heterocycles. The molecule has 0 radical (unpaired) electrons. The molecule has 9 heteroatoms. The highest BCUT2D eigenvalue weighted by molar-refractivity contribution is 8.00. The van der Waals surface area contributed by atoms with Crippen LogP contribution in [0, 0.1) is 0 Å². The third kappa shape index (κ3) is 3.82. The van der Waals surface area contributed by atoms with Crippen molar-refractivity contribution in [1.82, 2.24) is 25.4 Å². The van der Waals surface area contributed by atoms with E-state index in [1.807, 2.05) is 0 Å². The van der Waals surface area contributed by atoms with E-state index >= 15 is 0 Å². The number of nitrogens with zero attached hydrogens (tertiary/aromatic N) is 4. The fraction of sp³-hybridized carbons (Fsp3) is 0.733. The van der Waals surface area contributed by atoms with Gasteiger partial charge in [0.05, 0.1) is 5.25 Å². The van der Waals surface area contributed by atoms with E-state index in [4.69, 9.17) is 0 Å². The maximum absolute atomic E-state index is 12.1. The molecule has 1 saturated carbocycles. The van der Waals surface area contributed by atoms with Gasteiger partial charge < -0.3 is 10.2 Å². The Morgan fingerprint density at radius 1 is 1.29 bits per heavy atom. The molecule has 8 nitrogen and oxygen atoms in total. The molecule has 2 heterocycles. The Balaban J connectivity index is 1.68. The molecule has 2 fully saturated rings. The Hall–Kier alpha value is -1.77. The molecule has 0 aromatic carbocycles. The fourth-order valence-electron chi connectivity index (χ4n) is 2.76. The summed E-state index contributed by atoms with van der Waals surface area (Å²) in [5.74, 6) is 0.604. The Kier molecular flexibility index (Phi) is 5.27. The molecule has 132 valence electrons. The average molecular weight is 352 g/mol. The number of hydrogen-bond donors (Lipinski definition) is 2. The highest BCUT2D eigenvalue weighted by Crippen LogP contribution is 2.42. The van der Waals surface area contributed by atoms with Crippen LogP contribution in [0.2, 0.25) is 0 Å². The van der Waals surface area contributed by atoms with Crippen molar-refractivity contribution in [2.75, 3.05) is 24.5 Å². The van der Waals surface area contributed by atoms with Crippen LogP contribution in [-0.2, 0) is 4.79 Å². The van der Waals surface area contributed by atoms with Gasteiger partial charge in [-0.2, -0.15) is 0 Å². The minimum atomic E-state index is -0.462. The Morgan fingerprint density at radius 3 is 2.62 bits per heavy atom. The quantitative estimate of drug-likeness (QED) is 0.755. The van der Waals surface area contributed by atoms with Crippen LogP contribution in [0.4, 0.5) is 10.7 Å². The first-order chi connectivity index (χ1) is 11.6. The third-order valence-corrected chi connectivity index (χ3v) is 5.23. The van der Waals surface area contributed by atoms with Crippen LogP contribution in [0.5, 0.6) is 0 Å². The lowest BCUT2D eigenvalue weighted by Gasteiger charge is -2.18. The van der Waals surface area contributed by atoms with E-state index in [1.54, 1.807) is 13.8 Å². The van der Waals surface area contributed by atoms with E-state index in [0.29, 0.717) is 12.6 Å². The van der Waals surface area contributed by atoms with Gasteiger partial charge in [-0.3, -0.25) is 14.7 Å². The number of carbonyl (C=O) groups excluding carboxylic acids is 2. The zero-order chi connectivity index (χ0) is 17.1. The molecular weight excluding hydrogens is 328 g/mol. The van der Waals surface area contributed by atoms with Gasteiger partial charge in [0.25, 0.3) is 0 Å². The minimum absolute atomic E-state index is 0.320. The topological polar surface area (TPSA) is 92.2 Å². The normalized spacial score (nSPS) is 18.5. The van der Waals surface area contributed by atoms with Gasteiger partial charge in [-0.15, -0.1) is 10.2 Å². The molecule has 1 aromatic rings. The summed E-state index contributed by atoms with van der Waals surface area (Å²) in [5, 5.41) is 13.9. The summed E-state index contributed by atoms with van der Waals surface area (Å²) in [6.07, 6.45) is 4.63. The summed E-state index contributed by atoms with van der Waals surface area (Å²) >= 11 is 1.36. The molecule has 2 N–H and O–H groups in total. The van der Waals surface area contributed by atoms with Gasteiger partial charge in [0, 0.05) is 25.7 Å². The second kappa shape index (κ2) is 7.42. The lowest BCUT2D eigenvalue weighted by molar-refractivity contribution is -0.119. The molecular formula is C15H24N6O2S. The van der Waals surface area contributed by atoms with Crippen LogP contribution in [0.1, 0.15) is 45.6 Å². The maximum Gasteiger partial charge on any atom is 0.321 e. The number of aromatic nitrogens is 3.